The van der Waals surface area contributed by atoms with Crippen LogP contribution in [0.3, 0.4) is 0 Å². The summed E-state index contributed by atoms with van der Waals surface area (Å²) in [6, 6.07) is 17.6. The minimum atomic E-state index is -4.47. The molecule has 4 rings (SSSR count). The highest BCUT2D eigenvalue weighted by atomic mass is 19.4. The Kier molecular flexibility index (Phi) is 7.39. The molecule has 0 atom stereocenters. The predicted molar refractivity (Wildman–Crippen MR) is 126 cm³/mol. The summed E-state index contributed by atoms with van der Waals surface area (Å²) in [5.41, 5.74) is 0.817. The van der Waals surface area contributed by atoms with Gasteiger partial charge in [-0.1, -0.05) is 48.5 Å². The fraction of sp³-hybridized carbons (Fsp3) is 0.172. The lowest BCUT2D eigenvalue weighted by Crippen LogP contribution is -2.04. The lowest BCUT2D eigenvalue weighted by Gasteiger charge is -2.10. The van der Waals surface area contributed by atoms with Crippen LogP contribution in [-0.4, -0.2) is 0 Å². The summed E-state index contributed by atoms with van der Waals surface area (Å²) in [4.78, 5) is 0. The zero-order chi connectivity index (χ0) is 26.8. The molecule has 8 heteroatoms. The second-order valence-electron chi connectivity index (χ2n) is 8.63. The van der Waals surface area contributed by atoms with Gasteiger partial charge < -0.3 is 0 Å². The Morgan fingerprint density at radius 2 is 0.811 bits per heavy atom. The zero-order valence-electron chi connectivity index (χ0n) is 19.2. The maximum absolute atomic E-state index is 14.6. The summed E-state index contributed by atoms with van der Waals surface area (Å²) in [6.45, 7) is 0. The molecule has 0 radical (unpaired) electrons. The molecule has 0 aliphatic rings. The van der Waals surface area contributed by atoms with Crippen LogP contribution in [0, 0.1) is 11.6 Å². The minimum absolute atomic E-state index is 0.193. The van der Waals surface area contributed by atoms with Crippen LogP contribution in [0.1, 0.15) is 28.7 Å². The molecule has 0 N–H and O–H groups in total. The van der Waals surface area contributed by atoms with Gasteiger partial charge in [0.1, 0.15) is 11.6 Å². The monoisotopic (exact) mass is 520 g/mol. The molecule has 0 bridgehead atoms. The summed E-state index contributed by atoms with van der Waals surface area (Å²) < 4.78 is 106. The van der Waals surface area contributed by atoms with E-state index in [0.29, 0.717) is 41.5 Å². The Labute approximate surface area is 208 Å². The number of rotatable bonds is 6. The van der Waals surface area contributed by atoms with E-state index in [0.717, 1.165) is 24.3 Å². The number of benzene rings is 4. The molecule has 37 heavy (non-hydrogen) atoms. The first-order valence-corrected chi connectivity index (χ1v) is 11.3. The van der Waals surface area contributed by atoms with Crippen LogP contribution in [0.5, 0.6) is 0 Å². The van der Waals surface area contributed by atoms with E-state index in [1.54, 1.807) is 12.1 Å². The van der Waals surface area contributed by atoms with Crippen molar-refractivity contribution in [3.05, 3.63) is 119 Å². The third-order valence-corrected chi connectivity index (χ3v) is 6.04. The van der Waals surface area contributed by atoms with Gasteiger partial charge in [-0.2, -0.15) is 26.3 Å². The molecule has 0 saturated carbocycles. The van der Waals surface area contributed by atoms with Crippen molar-refractivity contribution in [2.75, 3.05) is 0 Å². The third kappa shape index (κ3) is 6.37. The highest BCUT2D eigenvalue weighted by Crippen LogP contribution is 2.33. The van der Waals surface area contributed by atoms with E-state index in [1.165, 1.54) is 48.5 Å². The normalized spacial score (nSPS) is 12.1. The molecular formula is C29H20F8. The van der Waals surface area contributed by atoms with E-state index in [2.05, 4.69) is 0 Å². The summed E-state index contributed by atoms with van der Waals surface area (Å²) in [5.74, 6) is -1.10. The summed E-state index contributed by atoms with van der Waals surface area (Å²) in [6.07, 6.45) is -7.37. The van der Waals surface area contributed by atoms with Crippen LogP contribution in [-0.2, 0) is 25.2 Å². The molecule has 0 aromatic heterocycles. The second kappa shape index (κ2) is 10.4. The summed E-state index contributed by atoms with van der Waals surface area (Å²) >= 11 is 0. The quantitative estimate of drug-likeness (QED) is 0.222. The molecule has 0 spiro atoms. The summed E-state index contributed by atoms with van der Waals surface area (Å²) in [5, 5.41) is 0. The number of aryl methyl sites for hydroxylation is 2. The fourth-order valence-corrected chi connectivity index (χ4v) is 4.07. The van der Waals surface area contributed by atoms with Gasteiger partial charge in [0, 0.05) is 11.1 Å². The Bertz CT molecular complexity index is 1260. The molecule has 4 aromatic carbocycles. The highest BCUT2D eigenvalue weighted by molar-refractivity contribution is 5.66. The van der Waals surface area contributed by atoms with Gasteiger partial charge in [-0.05, 0) is 77.9 Å². The number of hydrogen-bond donors (Lipinski definition) is 0. The van der Waals surface area contributed by atoms with Crippen molar-refractivity contribution in [3.63, 3.8) is 0 Å². The molecule has 0 unspecified atom stereocenters. The van der Waals surface area contributed by atoms with Crippen LogP contribution in [0.25, 0.3) is 22.3 Å². The SMILES string of the molecule is Fc1cc(CCCc2ccc(-c3ccc(C(F)(F)F)cc3)c(F)c2)ccc1-c1ccc(C(F)(F)F)cc1. The predicted octanol–water partition coefficient (Wildman–Crippen LogP) is 9.51. The molecule has 192 valence electrons. The van der Waals surface area contributed by atoms with Crippen LogP contribution in [0.2, 0.25) is 0 Å². The molecule has 0 fully saturated rings. The van der Waals surface area contributed by atoms with E-state index in [1.807, 2.05) is 0 Å². The zero-order valence-corrected chi connectivity index (χ0v) is 19.2. The molecule has 0 nitrogen and oxygen atoms in total. The van der Waals surface area contributed by atoms with Crippen molar-refractivity contribution < 1.29 is 35.1 Å². The standard InChI is InChI=1S/C29H20F8/c30-26-16-18(4-14-24(26)20-6-10-22(11-7-20)28(32,33)34)2-1-3-19-5-15-25(27(31)17-19)21-8-12-23(13-9-21)29(35,36)37/h4-17H,1-3H2. The van der Waals surface area contributed by atoms with Crippen molar-refractivity contribution in [1.82, 2.24) is 0 Å². The van der Waals surface area contributed by atoms with Gasteiger partial charge in [0.25, 0.3) is 0 Å². The minimum Gasteiger partial charge on any atom is -0.206 e. The van der Waals surface area contributed by atoms with E-state index in [-0.39, 0.29) is 11.1 Å². The van der Waals surface area contributed by atoms with Crippen LogP contribution < -0.4 is 0 Å². The van der Waals surface area contributed by atoms with E-state index < -0.39 is 35.1 Å². The van der Waals surface area contributed by atoms with Gasteiger partial charge in [0.05, 0.1) is 11.1 Å². The Hall–Kier alpha value is -3.68. The Balaban J connectivity index is 1.37. The van der Waals surface area contributed by atoms with Crippen LogP contribution in [0.15, 0.2) is 84.9 Å². The highest BCUT2D eigenvalue weighted by Gasteiger charge is 2.30. The maximum Gasteiger partial charge on any atom is 0.416 e. The van der Waals surface area contributed by atoms with Crippen molar-refractivity contribution in [2.24, 2.45) is 0 Å². The lowest BCUT2D eigenvalue weighted by molar-refractivity contribution is -0.138. The van der Waals surface area contributed by atoms with Gasteiger partial charge in [0.2, 0.25) is 0 Å². The van der Waals surface area contributed by atoms with Crippen LogP contribution in [0.4, 0.5) is 35.1 Å². The Morgan fingerprint density at radius 1 is 0.459 bits per heavy atom. The van der Waals surface area contributed by atoms with Crippen molar-refractivity contribution >= 4 is 0 Å². The van der Waals surface area contributed by atoms with Gasteiger partial charge >= 0.3 is 12.4 Å². The largest absolute Gasteiger partial charge is 0.416 e. The number of alkyl halides is 6. The molecular weight excluding hydrogens is 500 g/mol. The first-order chi connectivity index (χ1) is 17.4. The second-order valence-corrected chi connectivity index (χ2v) is 8.63. The average Bonchev–Trinajstić information content (AvgIpc) is 2.83. The first kappa shape index (κ1) is 26.4. The molecule has 4 aromatic rings. The molecule has 0 amide bonds. The maximum atomic E-state index is 14.6. The van der Waals surface area contributed by atoms with Crippen molar-refractivity contribution in [3.8, 4) is 22.3 Å². The van der Waals surface area contributed by atoms with E-state index in [4.69, 9.17) is 0 Å². The van der Waals surface area contributed by atoms with Crippen molar-refractivity contribution in [2.45, 2.75) is 31.6 Å². The fourth-order valence-electron chi connectivity index (χ4n) is 4.07. The molecule has 0 heterocycles. The average molecular weight is 520 g/mol. The topological polar surface area (TPSA) is 0 Å². The number of halogens is 8. The van der Waals surface area contributed by atoms with Gasteiger partial charge in [0.15, 0.2) is 0 Å². The lowest BCUT2D eigenvalue weighted by atomic mass is 9.97. The van der Waals surface area contributed by atoms with Gasteiger partial charge in [-0.25, -0.2) is 8.78 Å². The van der Waals surface area contributed by atoms with Crippen molar-refractivity contribution in [1.29, 1.82) is 0 Å². The van der Waals surface area contributed by atoms with E-state index in [9.17, 15) is 35.1 Å². The number of hydrogen-bond acceptors (Lipinski definition) is 0. The van der Waals surface area contributed by atoms with Gasteiger partial charge in [-0.3, -0.25) is 0 Å². The van der Waals surface area contributed by atoms with Gasteiger partial charge in [-0.15, -0.1) is 0 Å². The molecule has 0 aliphatic heterocycles. The smallest absolute Gasteiger partial charge is 0.206 e. The molecule has 0 aliphatic carbocycles. The first-order valence-electron chi connectivity index (χ1n) is 11.3. The van der Waals surface area contributed by atoms with E-state index >= 15 is 0 Å². The summed E-state index contributed by atoms with van der Waals surface area (Å²) in [7, 11) is 0. The van der Waals surface area contributed by atoms with Crippen LogP contribution >= 0.6 is 0 Å². The Morgan fingerprint density at radius 3 is 1.11 bits per heavy atom. The third-order valence-electron chi connectivity index (χ3n) is 6.04. The molecule has 0 saturated heterocycles.